The molecule has 1 aliphatic rings. The molecule has 1 aliphatic carbocycles. The second-order valence-corrected chi connectivity index (χ2v) is 5.77. The van der Waals surface area contributed by atoms with Crippen molar-refractivity contribution in [3.63, 3.8) is 0 Å². The molecule has 1 rings (SSSR count). The number of carbonyl (C=O) groups excluding carboxylic acids is 1. The zero-order chi connectivity index (χ0) is 13.6. The molecule has 5 nitrogen and oxygen atoms in total. The highest BCUT2D eigenvalue weighted by atomic mass is 16.4. The predicted molar refractivity (Wildman–Crippen MR) is 71.4 cm³/mol. The number of carbonyl (C=O) groups is 1. The van der Waals surface area contributed by atoms with Crippen molar-refractivity contribution in [3.8, 4) is 0 Å². The van der Waals surface area contributed by atoms with Crippen molar-refractivity contribution in [1.82, 2.24) is 5.32 Å². The van der Waals surface area contributed by atoms with Gasteiger partial charge in [-0.3, -0.25) is 4.79 Å². The lowest BCUT2D eigenvalue weighted by atomic mass is 9.68. The zero-order valence-electron chi connectivity index (χ0n) is 11.4. The van der Waals surface area contributed by atoms with Crippen molar-refractivity contribution in [2.45, 2.75) is 52.4 Å². The molecule has 1 unspecified atom stereocenters. The van der Waals surface area contributed by atoms with Crippen LogP contribution in [-0.2, 0) is 4.79 Å². The molecule has 0 aromatic rings. The summed E-state index contributed by atoms with van der Waals surface area (Å²) in [6.45, 7) is 4.93. The summed E-state index contributed by atoms with van der Waals surface area (Å²) in [6, 6.07) is 0. The fraction of sp³-hybridized carbons (Fsp3) is 0.846. The minimum atomic E-state index is 0.105. The lowest BCUT2D eigenvalue weighted by Crippen LogP contribution is -2.41. The van der Waals surface area contributed by atoms with E-state index in [1.165, 1.54) is 6.42 Å². The van der Waals surface area contributed by atoms with Crippen molar-refractivity contribution in [2.75, 3.05) is 6.54 Å². The first-order chi connectivity index (χ1) is 8.47. The summed E-state index contributed by atoms with van der Waals surface area (Å²) in [6.07, 6.45) is 5.68. The number of amidine groups is 1. The largest absolute Gasteiger partial charge is 0.409 e. The molecule has 0 saturated heterocycles. The lowest BCUT2D eigenvalue weighted by Gasteiger charge is -2.37. The Hall–Kier alpha value is -1.26. The van der Waals surface area contributed by atoms with E-state index in [1.54, 1.807) is 0 Å². The first kappa shape index (κ1) is 14.8. The summed E-state index contributed by atoms with van der Waals surface area (Å²) >= 11 is 0. The Morgan fingerprint density at radius 2 is 2.22 bits per heavy atom. The molecular weight excluding hydrogens is 230 g/mol. The highest BCUT2D eigenvalue weighted by molar-refractivity contribution is 5.80. The molecule has 1 fully saturated rings. The number of nitrogens with two attached hydrogens (primary N) is 1. The molecule has 5 heteroatoms. The van der Waals surface area contributed by atoms with Crippen LogP contribution in [0.3, 0.4) is 0 Å². The van der Waals surface area contributed by atoms with Crippen molar-refractivity contribution >= 4 is 11.7 Å². The highest BCUT2D eigenvalue weighted by Gasteiger charge is 2.36. The topological polar surface area (TPSA) is 87.7 Å². The summed E-state index contributed by atoms with van der Waals surface area (Å²) in [5, 5.41) is 14.2. The van der Waals surface area contributed by atoms with Crippen LogP contribution >= 0.6 is 0 Å². The van der Waals surface area contributed by atoms with Gasteiger partial charge in [-0.05, 0) is 24.7 Å². The molecule has 0 aromatic carbocycles. The minimum absolute atomic E-state index is 0.105. The molecule has 0 heterocycles. The average Bonchev–Trinajstić information content (AvgIpc) is 2.33. The Balaban J connectivity index is 2.32. The van der Waals surface area contributed by atoms with Gasteiger partial charge in [0, 0.05) is 18.9 Å². The fourth-order valence-electron chi connectivity index (χ4n) is 2.63. The summed E-state index contributed by atoms with van der Waals surface area (Å²) in [5.74, 6) is 0.483. The van der Waals surface area contributed by atoms with Crippen LogP contribution in [0.25, 0.3) is 0 Å². The predicted octanol–water partition coefficient (Wildman–Crippen LogP) is 1.85. The first-order valence-electron chi connectivity index (χ1n) is 6.71. The van der Waals surface area contributed by atoms with E-state index >= 15 is 0 Å². The third-order valence-corrected chi connectivity index (χ3v) is 3.86. The number of hydrogen-bond acceptors (Lipinski definition) is 3. The van der Waals surface area contributed by atoms with Crippen molar-refractivity contribution in [3.05, 3.63) is 0 Å². The van der Waals surface area contributed by atoms with Crippen LogP contribution in [-0.4, -0.2) is 23.5 Å². The van der Waals surface area contributed by atoms with E-state index in [1.807, 2.05) is 0 Å². The number of nitrogens with one attached hydrogen (secondary N) is 1. The van der Waals surface area contributed by atoms with E-state index in [2.05, 4.69) is 24.3 Å². The van der Waals surface area contributed by atoms with Gasteiger partial charge in [0.1, 0.15) is 5.84 Å². The third kappa shape index (κ3) is 4.20. The fourth-order valence-corrected chi connectivity index (χ4v) is 2.63. The molecular formula is C13H25N3O2. The number of hydrogen-bond donors (Lipinski definition) is 3. The molecule has 104 valence electrons. The van der Waals surface area contributed by atoms with Crippen molar-refractivity contribution in [2.24, 2.45) is 22.2 Å². The monoisotopic (exact) mass is 255 g/mol. The second kappa shape index (κ2) is 6.61. The SMILES string of the molecule is CC1(C)CCCCC1C(=O)NCCCC(N)=NO. The van der Waals surface area contributed by atoms with Crippen LogP contribution in [0.15, 0.2) is 5.16 Å². The Morgan fingerprint density at radius 1 is 1.50 bits per heavy atom. The summed E-state index contributed by atoms with van der Waals surface area (Å²) in [5.41, 5.74) is 5.47. The van der Waals surface area contributed by atoms with Crippen LogP contribution in [0, 0.1) is 11.3 Å². The van der Waals surface area contributed by atoms with Gasteiger partial charge in [-0.15, -0.1) is 0 Å². The summed E-state index contributed by atoms with van der Waals surface area (Å²) in [7, 11) is 0. The van der Waals surface area contributed by atoms with Crippen LogP contribution in [0.1, 0.15) is 52.4 Å². The smallest absolute Gasteiger partial charge is 0.223 e. The molecule has 0 aromatic heterocycles. The molecule has 1 saturated carbocycles. The van der Waals surface area contributed by atoms with Crippen LogP contribution < -0.4 is 11.1 Å². The highest BCUT2D eigenvalue weighted by Crippen LogP contribution is 2.40. The van der Waals surface area contributed by atoms with Gasteiger partial charge in [0.15, 0.2) is 0 Å². The number of oxime groups is 1. The lowest BCUT2D eigenvalue weighted by molar-refractivity contribution is -0.130. The second-order valence-electron chi connectivity index (χ2n) is 5.77. The molecule has 0 radical (unpaired) electrons. The molecule has 0 spiro atoms. The number of rotatable bonds is 5. The van der Waals surface area contributed by atoms with Gasteiger partial charge in [-0.1, -0.05) is 31.8 Å². The van der Waals surface area contributed by atoms with Crippen molar-refractivity contribution in [1.29, 1.82) is 0 Å². The molecule has 4 N–H and O–H groups in total. The van der Waals surface area contributed by atoms with E-state index in [0.29, 0.717) is 19.4 Å². The van der Waals surface area contributed by atoms with Gasteiger partial charge in [-0.2, -0.15) is 0 Å². The van der Waals surface area contributed by atoms with E-state index in [0.717, 1.165) is 19.3 Å². The van der Waals surface area contributed by atoms with Gasteiger partial charge in [0.25, 0.3) is 0 Å². The van der Waals surface area contributed by atoms with Crippen LogP contribution in [0.2, 0.25) is 0 Å². The van der Waals surface area contributed by atoms with E-state index in [-0.39, 0.29) is 23.1 Å². The number of nitrogens with zero attached hydrogens (tertiary/aromatic N) is 1. The Kier molecular flexibility index (Phi) is 5.44. The standard InChI is InChI=1S/C13H25N3O2/c1-13(2)8-4-3-6-10(13)12(17)15-9-5-7-11(14)16-18/h10,18H,3-9H2,1-2H3,(H2,14,16)(H,15,17). The third-order valence-electron chi connectivity index (χ3n) is 3.86. The Bertz CT molecular complexity index is 313. The summed E-state index contributed by atoms with van der Waals surface area (Å²) in [4.78, 5) is 12.1. The van der Waals surface area contributed by atoms with Crippen LogP contribution in [0.5, 0.6) is 0 Å². The van der Waals surface area contributed by atoms with Gasteiger partial charge in [-0.25, -0.2) is 0 Å². The molecule has 18 heavy (non-hydrogen) atoms. The van der Waals surface area contributed by atoms with Crippen LogP contribution in [0.4, 0.5) is 0 Å². The Morgan fingerprint density at radius 3 is 2.83 bits per heavy atom. The summed E-state index contributed by atoms with van der Waals surface area (Å²) < 4.78 is 0. The molecule has 0 bridgehead atoms. The quantitative estimate of drug-likeness (QED) is 0.230. The van der Waals surface area contributed by atoms with Gasteiger partial charge < -0.3 is 16.3 Å². The maximum Gasteiger partial charge on any atom is 0.223 e. The van der Waals surface area contributed by atoms with E-state index in [4.69, 9.17) is 10.9 Å². The number of amides is 1. The van der Waals surface area contributed by atoms with Gasteiger partial charge in [0.05, 0.1) is 0 Å². The average molecular weight is 255 g/mol. The molecule has 1 atom stereocenters. The Labute approximate surface area is 109 Å². The minimum Gasteiger partial charge on any atom is -0.409 e. The van der Waals surface area contributed by atoms with Gasteiger partial charge in [0.2, 0.25) is 5.91 Å². The molecule has 1 amide bonds. The van der Waals surface area contributed by atoms with Gasteiger partial charge >= 0.3 is 0 Å². The van der Waals surface area contributed by atoms with Crippen molar-refractivity contribution < 1.29 is 10.0 Å². The first-order valence-corrected chi connectivity index (χ1v) is 6.71. The maximum absolute atomic E-state index is 12.1. The van der Waals surface area contributed by atoms with E-state index in [9.17, 15) is 4.79 Å². The van der Waals surface area contributed by atoms with E-state index < -0.39 is 0 Å². The maximum atomic E-state index is 12.1. The normalized spacial score (nSPS) is 23.7. The molecule has 0 aliphatic heterocycles. The zero-order valence-corrected chi connectivity index (χ0v) is 11.4.